The van der Waals surface area contributed by atoms with Crippen LogP contribution in [0.2, 0.25) is 0 Å². The maximum Gasteiger partial charge on any atom is 0.0600 e. The van der Waals surface area contributed by atoms with Gasteiger partial charge in [-0.15, -0.1) is 0 Å². The minimum Gasteiger partial charge on any atom is -0.245 e. The number of unbranched alkanes of at least 4 members (excludes halogenated alkanes) is 2. The van der Waals surface area contributed by atoms with E-state index in [1.54, 1.807) is 0 Å². The lowest BCUT2D eigenvalue weighted by atomic mass is 10.2. The number of aromatic nitrogens is 2. The molecule has 0 radical (unpaired) electrons. The molecule has 0 atom stereocenters. The Morgan fingerprint density at radius 3 is 2.77 bits per heavy atom. The molecule has 72 valence electrons. The van der Waals surface area contributed by atoms with Crippen LogP contribution < -0.4 is 0 Å². The Kier molecular flexibility index (Phi) is 3.74. The molecular formula is C11H18N2. The molecule has 2 heteroatoms. The number of hydrogen-bond acceptors (Lipinski definition) is 1. The van der Waals surface area contributed by atoms with Crippen LogP contribution in [0.25, 0.3) is 6.20 Å². The summed E-state index contributed by atoms with van der Waals surface area (Å²) in [6, 6.07) is 2.09. The second-order valence-electron chi connectivity index (χ2n) is 3.40. The Labute approximate surface area is 80.3 Å². The normalized spacial score (nSPS) is 11.3. The molecule has 0 N–H and O–H groups in total. The number of nitrogens with zero attached hydrogens (tertiary/aromatic N) is 2. The molecule has 0 aliphatic rings. The van der Waals surface area contributed by atoms with Gasteiger partial charge in [0.2, 0.25) is 0 Å². The van der Waals surface area contributed by atoms with E-state index in [4.69, 9.17) is 0 Å². The van der Waals surface area contributed by atoms with E-state index in [9.17, 15) is 0 Å². The predicted molar refractivity (Wildman–Crippen MR) is 56.6 cm³/mol. The number of aryl methyl sites for hydroxylation is 2. The van der Waals surface area contributed by atoms with Crippen LogP contribution in [0.3, 0.4) is 0 Å². The smallest absolute Gasteiger partial charge is 0.0600 e. The zero-order valence-electron chi connectivity index (χ0n) is 8.75. The van der Waals surface area contributed by atoms with Crippen molar-refractivity contribution in [2.75, 3.05) is 0 Å². The molecular weight excluding hydrogens is 160 g/mol. The molecule has 1 heterocycles. The van der Waals surface area contributed by atoms with Crippen LogP contribution in [0.4, 0.5) is 0 Å². The first-order chi connectivity index (χ1) is 6.24. The lowest BCUT2D eigenvalue weighted by Gasteiger charge is -1.94. The molecule has 0 bridgehead atoms. The van der Waals surface area contributed by atoms with Crippen molar-refractivity contribution < 1.29 is 0 Å². The van der Waals surface area contributed by atoms with Gasteiger partial charge in [-0.05, 0) is 26.3 Å². The van der Waals surface area contributed by atoms with Crippen molar-refractivity contribution in [1.82, 2.24) is 9.78 Å². The third-order valence-electron chi connectivity index (χ3n) is 2.02. The van der Waals surface area contributed by atoms with Crippen LogP contribution in [0, 0.1) is 13.8 Å². The van der Waals surface area contributed by atoms with E-state index in [0.717, 1.165) is 12.1 Å². The molecule has 0 unspecified atom stereocenters. The predicted octanol–water partition coefficient (Wildman–Crippen LogP) is 3.16. The molecule has 0 spiro atoms. The molecule has 2 nitrogen and oxygen atoms in total. The van der Waals surface area contributed by atoms with Gasteiger partial charge in [0, 0.05) is 11.9 Å². The molecule has 0 aliphatic heterocycles. The van der Waals surface area contributed by atoms with Gasteiger partial charge in [-0.2, -0.15) is 5.10 Å². The fraction of sp³-hybridized carbons (Fsp3) is 0.545. The van der Waals surface area contributed by atoms with Crippen molar-refractivity contribution in [3.8, 4) is 0 Å². The highest BCUT2D eigenvalue weighted by atomic mass is 15.3. The zero-order chi connectivity index (χ0) is 9.68. The summed E-state index contributed by atoms with van der Waals surface area (Å²) in [5, 5.41) is 4.34. The van der Waals surface area contributed by atoms with Crippen LogP contribution in [-0.4, -0.2) is 9.78 Å². The highest BCUT2D eigenvalue weighted by Gasteiger charge is 1.95. The van der Waals surface area contributed by atoms with Crippen molar-refractivity contribution in [2.24, 2.45) is 0 Å². The van der Waals surface area contributed by atoms with E-state index in [1.807, 2.05) is 11.6 Å². The summed E-state index contributed by atoms with van der Waals surface area (Å²) in [6.45, 7) is 6.30. The van der Waals surface area contributed by atoms with Gasteiger partial charge in [0.25, 0.3) is 0 Å². The number of hydrogen-bond donors (Lipinski definition) is 0. The molecule has 1 aromatic rings. The molecule has 0 fully saturated rings. The molecule has 0 aliphatic carbocycles. The van der Waals surface area contributed by atoms with Gasteiger partial charge in [-0.1, -0.05) is 25.8 Å². The van der Waals surface area contributed by atoms with Gasteiger partial charge in [0.05, 0.1) is 5.69 Å². The monoisotopic (exact) mass is 178 g/mol. The van der Waals surface area contributed by atoms with Crippen molar-refractivity contribution in [3.63, 3.8) is 0 Å². The molecule has 1 rings (SSSR count). The van der Waals surface area contributed by atoms with Gasteiger partial charge in [0.15, 0.2) is 0 Å². The summed E-state index contributed by atoms with van der Waals surface area (Å²) in [7, 11) is 0. The first-order valence-electron chi connectivity index (χ1n) is 4.93. The van der Waals surface area contributed by atoms with Gasteiger partial charge in [-0.25, -0.2) is 4.68 Å². The number of allylic oxidation sites excluding steroid dienone is 1. The van der Waals surface area contributed by atoms with E-state index < -0.39 is 0 Å². The topological polar surface area (TPSA) is 17.8 Å². The van der Waals surface area contributed by atoms with Crippen LogP contribution in [-0.2, 0) is 0 Å². The number of rotatable bonds is 4. The maximum atomic E-state index is 4.34. The summed E-state index contributed by atoms with van der Waals surface area (Å²) in [6.07, 6.45) is 7.90. The fourth-order valence-corrected chi connectivity index (χ4v) is 1.29. The Bertz CT molecular complexity index is 284. The van der Waals surface area contributed by atoms with Gasteiger partial charge in [-0.3, -0.25) is 0 Å². The van der Waals surface area contributed by atoms with E-state index in [1.165, 1.54) is 18.5 Å². The third-order valence-corrected chi connectivity index (χ3v) is 2.02. The molecule has 13 heavy (non-hydrogen) atoms. The average molecular weight is 178 g/mol. The third kappa shape index (κ3) is 3.05. The van der Waals surface area contributed by atoms with Crippen molar-refractivity contribution >= 4 is 6.20 Å². The summed E-state index contributed by atoms with van der Waals surface area (Å²) < 4.78 is 1.94. The molecule has 1 aromatic heterocycles. The van der Waals surface area contributed by atoms with E-state index in [2.05, 4.69) is 37.3 Å². The Morgan fingerprint density at radius 2 is 2.23 bits per heavy atom. The second-order valence-corrected chi connectivity index (χ2v) is 3.40. The summed E-state index contributed by atoms with van der Waals surface area (Å²) in [4.78, 5) is 0. The molecule has 0 amide bonds. The van der Waals surface area contributed by atoms with E-state index >= 15 is 0 Å². The molecule has 0 aromatic carbocycles. The minimum atomic E-state index is 1.08. The highest BCUT2D eigenvalue weighted by Crippen LogP contribution is 2.03. The Balaban J connectivity index is 2.53. The van der Waals surface area contributed by atoms with Crippen LogP contribution in [0.1, 0.15) is 37.6 Å². The summed E-state index contributed by atoms with van der Waals surface area (Å²) in [5.41, 5.74) is 2.28. The molecule has 0 saturated carbocycles. The van der Waals surface area contributed by atoms with Gasteiger partial charge >= 0.3 is 0 Å². The minimum absolute atomic E-state index is 1.08. The van der Waals surface area contributed by atoms with E-state index in [-0.39, 0.29) is 0 Å². The van der Waals surface area contributed by atoms with Crippen LogP contribution in [0.15, 0.2) is 12.1 Å². The SMILES string of the molecule is CCCC/C=C/n1nc(C)cc1C. The maximum absolute atomic E-state index is 4.34. The van der Waals surface area contributed by atoms with Crippen LogP contribution >= 0.6 is 0 Å². The van der Waals surface area contributed by atoms with Crippen molar-refractivity contribution in [1.29, 1.82) is 0 Å². The largest absolute Gasteiger partial charge is 0.245 e. The quantitative estimate of drug-likeness (QED) is 0.647. The Morgan fingerprint density at radius 1 is 1.46 bits per heavy atom. The summed E-state index contributed by atoms with van der Waals surface area (Å²) in [5.74, 6) is 0. The Hall–Kier alpha value is -1.05. The van der Waals surface area contributed by atoms with Crippen molar-refractivity contribution in [2.45, 2.75) is 40.0 Å². The first kappa shape index (κ1) is 10.0. The van der Waals surface area contributed by atoms with Gasteiger partial charge < -0.3 is 0 Å². The zero-order valence-corrected chi connectivity index (χ0v) is 8.75. The average Bonchev–Trinajstić information content (AvgIpc) is 2.39. The first-order valence-corrected chi connectivity index (χ1v) is 4.93. The van der Waals surface area contributed by atoms with Crippen LogP contribution in [0.5, 0.6) is 0 Å². The standard InChI is InChI=1S/C11H18N2/c1-4-5-6-7-8-13-11(3)9-10(2)12-13/h7-9H,4-6H2,1-3H3/b8-7+. The highest BCUT2D eigenvalue weighted by molar-refractivity contribution is 5.25. The fourth-order valence-electron chi connectivity index (χ4n) is 1.29. The molecule has 0 saturated heterocycles. The summed E-state index contributed by atoms with van der Waals surface area (Å²) >= 11 is 0. The lowest BCUT2D eigenvalue weighted by molar-refractivity contribution is 0.808. The van der Waals surface area contributed by atoms with Gasteiger partial charge in [0.1, 0.15) is 0 Å². The lowest BCUT2D eigenvalue weighted by Crippen LogP contribution is -1.91. The van der Waals surface area contributed by atoms with E-state index in [0.29, 0.717) is 0 Å². The second kappa shape index (κ2) is 4.85. The van der Waals surface area contributed by atoms with Crippen molar-refractivity contribution in [3.05, 3.63) is 23.5 Å².